The second kappa shape index (κ2) is 8.74. The van der Waals surface area contributed by atoms with Crippen LogP contribution in [0.15, 0.2) is 77.6 Å². The van der Waals surface area contributed by atoms with E-state index in [2.05, 4.69) is 23.2 Å². The van der Waals surface area contributed by atoms with Crippen molar-refractivity contribution in [2.24, 2.45) is 4.99 Å². The van der Waals surface area contributed by atoms with Gasteiger partial charge >= 0.3 is 0 Å². The van der Waals surface area contributed by atoms with Crippen LogP contribution in [0, 0.1) is 6.92 Å². The number of nitrogens with zero attached hydrogens (tertiary/aromatic N) is 2. The number of aromatic nitrogens is 1. The molecule has 146 valence electrons. The molecular formula is C25H24N2O2. The topological polar surface area (TPSA) is 43.7 Å². The van der Waals surface area contributed by atoms with Gasteiger partial charge in [-0.05, 0) is 78.9 Å². The highest BCUT2D eigenvalue weighted by Gasteiger charge is 2.15. The maximum atomic E-state index is 6.04. The highest BCUT2D eigenvalue weighted by atomic mass is 16.5. The fourth-order valence-electron chi connectivity index (χ4n) is 3.47. The van der Waals surface area contributed by atoms with Crippen LogP contribution in [-0.2, 0) is 0 Å². The van der Waals surface area contributed by atoms with E-state index in [0.29, 0.717) is 11.5 Å². The second-order valence-electron chi connectivity index (χ2n) is 7.07. The lowest BCUT2D eigenvalue weighted by atomic mass is 9.95. The van der Waals surface area contributed by atoms with Crippen molar-refractivity contribution < 1.29 is 9.47 Å². The Morgan fingerprint density at radius 3 is 2.72 bits per heavy atom. The van der Waals surface area contributed by atoms with Crippen molar-refractivity contribution in [1.82, 2.24) is 4.98 Å². The molecule has 3 aromatic rings. The van der Waals surface area contributed by atoms with Crippen LogP contribution in [0.5, 0.6) is 17.2 Å². The van der Waals surface area contributed by atoms with Gasteiger partial charge in [-0.15, -0.1) is 0 Å². The summed E-state index contributed by atoms with van der Waals surface area (Å²) in [5.74, 6) is 2.20. The number of rotatable bonds is 5. The van der Waals surface area contributed by atoms with Crippen LogP contribution in [0.4, 0.5) is 0 Å². The van der Waals surface area contributed by atoms with Gasteiger partial charge in [0, 0.05) is 24.5 Å². The van der Waals surface area contributed by atoms with Gasteiger partial charge in [-0.2, -0.15) is 0 Å². The third-order valence-corrected chi connectivity index (χ3v) is 4.86. The molecule has 0 spiro atoms. The minimum absolute atomic E-state index is 0.699. The van der Waals surface area contributed by atoms with Crippen LogP contribution in [0.3, 0.4) is 0 Å². The number of benzene rings is 2. The number of hydrogen-bond acceptors (Lipinski definition) is 4. The molecule has 0 bridgehead atoms. The first-order chi connectivity index (χ1) is 14.2. The predicted octanol–water partition coefficient (Wildman–Crippen LogP) is 5.86. The van der Waals surface area contributed by atoms with Crippen LogP contribution in [0.2, 0.25) is 0 Å². The monoisotopic (exact) mass is 384 g/mol. The summed E-state index contributed by atoms with van der Waals surface area (Å²) < 4.78 is 11.6. The van der Waals surface area contributed by atoms with Gasteiger partial charge in [0.1, 0.15) is 5.75 Å². The lowest BCUT2D eigenvalue weighted by Gasteiger charge is -2.17. The summed E-state index contributed by atoms with van der Waals surface area (Å²) in [5, 5.41) is 0. The molecule has 4 rings (SSSR count). The summed E-state index contributed by atoms with van der Waals surface area (Å²) in [7, 11) is 1.67. The van der Waals surface area contributed by atoms with Crippen molar-refractivity contribution in [2.45, 2.75) is 19.8 Å². The molecular weight excluding hydrogens is 360 g/mol. The van der Waals surface area contributed by atoms with Crippen LogP contribution >= 0.6 is 0 Å². The molecule has 2 aromatic carbocycles. The molecule has 0 radical (unpaired) electrons. The number of pyridine rings is 1. The second-order valence-corrected chi connectivity index (χ2v) is 7.07. The maximum Gasteiger partial charge on any atom is 0.169 e. The van der Waals surface area contributed by atoms with E-state index >= 15 is 0 Å². The molecule has 4 nitrogen and oxygen atoms in total. The lowest BCUT2D eigenvalue weighted by Crippen LogP contribution is -2.11. The predicted molar refractivity (Wildman–Crippen MR) is 117 cm³/mol. The average Bonchev–Trinajstić information content (AvgIpc) is 2.76. The number of hydrogen-bond donors (Lipinski definition) is 0. The fraction of sp³-hybridized carbons (Fsp3) is 0.200. The van der Waals surface area contributed by atoms with Crippen molar-refractivity contribution >= 4 is 11.8 Å². The number of aliphatic imine (C=N–C) groups is 1. The molecule has 2 heterocycles. The van der Waals surface area contributed by atoms with Crippen LogP contribution in [-0.4, -0.2) is 24.4 Å². The quantitative estimate of drug-likeness (QED) is 0.553. The van der Waals surface area contributed by atoms with E-state index in [1.807, 2.05) is 55.6 Å². The summed E-state index contributed by atoms with van der Waals surface area (Å²) in [6, 6.07) is 18.0. The van der Waals surface area contributed by atoms with Crippen LogP contribution in [0.25, 0.3) is 6.08 Å². The molecule has 0 N–H and O–H groups in total. The number of aryl methyl sites for hydroxylation is 1. The standard InChI is InChI=1S/C25H24N2O2/c1-18-6-3-9-22(14-18)29-23-11-10-19(16-24(23)28-2)15-20-7-5-13-27-25(20)21-8-4-12-26-17-21/h3-4,6,8-12,14-17H,5,7,13H2,1-2H3/b20-15-. The van der Waals surface area contributed by atoms with Crippen molar-refractivity contribution in [3.05, 3.63) is 89.3 Å². The molecule has 29 heavy (non-hydrogen) atoms. The van der Waals surface area contributed by atoms with Gasteiger partial charge in [-0.1, -0.05) is 18.2 Å². The SMILES string of the molecule is COc1cc(/C=C2/CCCN=C2c2cccnc2)ccc1Oc1cccc(C)c1. The number of allylic oxidation sites excluding steroid dienone is 1. The third kappa shape index (κ3) is 4.54. The van der Waals surface area contributed by atoms with E-state index in [1.165, 1.54) is 5.57 Å². The summed E-state index contributed by atoms with van der Waals surface area (Å²) in [6.45, 7) is 2.90. The normalized spacial score (nSPS) is 15.1. The van der Waals surface area contributed by atoms with Crippen LogP contribution < -0.4 is 9.47 Å². The highest BCUT2D eigenvalue weighted by Crippen LogP contribution is 2.33. The Bertz CT molecular complexity index is 1060. The lowest BCUT2D eigenvalue weighted by molar-refractivity contribution is 0.378. The van der Waals surface area contributed by atoms with Crippen molar-refractivity contribution in [3.63, 3.8) is 0 Å². The van der Waals surface area contributed by atoms with Gasteiger partial charge in [-0.25, -0.2) is 0 Å². The maximum absolute atomic E-state index is 6.04. The molecule has 4 heteroatoms. The minimum atomic E-state index is 0.699. The number of methoxy groups -OCH3 is 1. The molecule has 0 unspecified atom stereocenters. The smallest absolute Gasteiger partial charge is 0.169 e. The molecule has 1 aliphatic rings. The van der Waals surface area contributed by atoms with Crippen molar-refractivity contribution in [3.8, 4) is 17.2 Å². The molecule has 0 atom stereocenters. The molecule has 1 aromatic heterocycles. The largest absolute Gasteiger partial charge is 0.493 e. The van der Waals surface area contributed by atoms with E-state index in [0.717, 1.165) is 47.5 Å². The van der Waals surface area contributed by atoms with E-state index in [1.54, 1.807) is 13.3 Å². The third-order valence-electron chi connectivity index (χ3n) is 4.86. The van der Waals surface area contributed by atoms with Crippen molar-refractivity contribution in [2.75, 3.05) is 13.7 Å². The summed E-state index contributed by atoms with van der Waals surface area (Å²) in [4.78, 5) is 9.00. The highest BCUT2D eigenvalue weighted by molar-refractivity contribution is 6.15. The Morgan fingerprint density at radius 1 is 1.00 bits per heavy atom. The molecule has 0 aliphatic carbocycles. The Labute approximate surface area is 171 Å². The Balaban J connectivity index is 1.63. The van der Waals surface area contributed by atoms with E-state index in [4.69, 9.17) is 14.5 Å². The molecule has 1 aliphatic heterocycles. The Kier molecular flexibility index (Phi) is 5.71. The van der Waals surface area contributed by atoms with E-state index in [9.17, 15) is 0 Å². The molecule has 0 fully saturated rings. The Hall–Kier alpha value is -3.40. The van der Waals surface area contributed by atoms with Crippen molar-refractivity contribution in [1.29, 1.82) is 0 Å². The average molecular weight is 384 g/mol. The van der Waals surface area contributed by atoms with E-state index in [-0.39, 0.29) is 0 Å². The first-order valence-corrected chi connectivity index (χ1v) is 9.81. The van der Waals surface area contributed by atoms with Gasteiger partial charge in [0.05, 0.1) is 12.8 Å². The fourth-order valence-corrected chi connectivity index (χ4v) is 3.47. The minimum Gasteiger partial charge on any atom is -0.493 e. The van der Waals surface area contributed by atoms with Crippen LogP contribution in [0.1, 0.15) is 29.5 Å². The summed E-state index contributed by atoms with van der Waals surface area (Å²) in [6.07, 6.45) is 7.90. The van der Waals surface area contributed by atoms with Gasteiger partial charge in [0.15, 0.2) is 11.5 Å². The molecule has 0 saturated carbocycles. The first-order valence-electron chi connectivity index (χ1n) is 9.81. The van der Waals surface area contributed by atoms with Gasteiger partial charge < -0.3 is 9.47 Å². The molecule has 0 saturated heterocycles. The number of ether oxygens (including phenoxy) is 2. The zero-order valence-corrected chi connectivity index (χ0v) is 16.8. The summed E-state index contributed by atoms with van der Waals surface area (Å²) >= 11 is 0. The molecule has 0 amide bonds. The van der Waals surface area contributed by atoms with E-state index < -0.39 is 0 Å². The van der Waals surface area contributed by atoms with Gasteiger partial charge in [0.25, 0.3) is 0 Å². The van der Waals surface area contributed by atoms with Gasteiger partial charge in [-0.3, -0.25) is 9.98 Å². The van der Waals surface area contributed by atoms with Gasteiger partial charge in [0.2, 0.25) is 0 Å². The first kappa shape index (κ1) is 18.9. The Morgan fingerprint density at radius 2 is 1.93 bits per heavy atom. The summed E-state index contributed by atoms with van der Waals surface area (Å²) in [5.41, 5.74) is 5.53. The zero-order chi connectivity index (χ0) is 20.1. The zero-order valence-electron chi connectivity index (χ0n) is 16.8.